The minimum absolute atomic E-state index is 0.0813. The Morgan fingerprint density at radius 2 is 1.83 bits per heavy atom. The Kier molecular flexibility index (Phi) is 9.31. The van der Waals surface area contributed by atoms with Crippen LogP contribution in [0.1, 0.15) is 49.2 Å². The van der Waals surface area contributed by atoms with Crippen LogP contribution in [0.4, 0.5) is 5.69 Å². The van der Waals surface area contributed by atoms with Gasteiger partial charge < -0.3 is 19.9 Å². The highest BCUT2D eigenvalue weighted by Crippen LogP contribution is 2.27. The predicted octanol–water partition coefficient (Wildman–Crippen LogP) is 4.24. The molecule has 0 aliphatic heterocycles. The maximum absolute atomic E-state index is 12.4. The molecule has 3 rings (SSSR count). The van der Waals surface area contributed by atoms with E-state index in [-0.39, 0.29) is 30.7 Å². The fourth-order valence-electron chi connectivity index (χ4n) is 3.39. The van der Waals surface area contributed by atoms with Gasteiger partial charge in [-0.3, -0.25) is 9.59 Å². The second-order valence-corrected chi connectivity index (χ2v) is 9.55. The summed E-state index contributed by atoms with van der Waals surface area (Å²) in [4.78, 5) is 24.6. The number of thioether (sulfide) groups is 1. The van der Waals surface area contributed by atoms with Gasteiger partial charge in [0.2, 0.25) is 5.91 Å². The second-order valence-electron chi connectivity index (χ2n) is 8.61. The van der Waals surface area contributed by atoms with Crippen LogP contribution in [0.25, 0.3) is 0 Å². The van der Waals surface area contributed by atoms with Gasteiger partial charge in [-0.05, 0) is 54.2 Å². The number of hydrogen-bond acceptors (Lipinski definition) is 6. The fraction of sp³-hybridized carbons (Fsp3) is 0.385. The highest BCUT2D eigenvalue weighted by atomic mass is 32.2. The van der Waals surface area contributed by atoms with Crippen molar-refractivity contribution in [2.75, 3.05) is 17.7 Å². The van der Waals surface area contributed by atoms with Crippen molar-refractivity contribution < 1.29 is 14.3 Å². The molecule has 3 aromatic rings. The second kappa shape index (κ2) is 12.4. The van der Waals surface area contributed by atoms with Gasteiger partial charge in [0.15, 0.2) is 17.6 Å². The van der Waals surface area contributed by atoms with Crippen molar-refractivity contribution >= 4 is 29.3 Å². The third-order valence-corrected chi connectivity index (χ3v) is 6.52. The lowest BCUT2D eigenvalue weighted by molar-refractivity contribution is -0.123. The summed E-state index contributed by atoms with van der Waals surface area (Å²) in [6.07, 6.45) is 0.956. The molecule has 35 heavy (non-hydrogen) atoms. The standard InChI is InChI=1S/C26H33N5O3S/c1-6-19-8-10-20(11-9-19)28-25(33)16-35-26-30-29-23(31(26)5)14-27-24(32)15-34-22-13-18(4)7-12-21(22)17(2)3/h7-13,17H,6,14-16H2,1-5H3,(H,27,32)(H,28,33). The fourth-order valence-corrected chi connectivity index (χ4v) is 4.12. The van der Waals surface area contributed by atoms with E-state index in [2.05, 4.69) is 41.6 Å². The zero-order valence-corrected chi connectivity index (χ0v) is 21.7. The molecule has 2 aromatic carbocycles. The summed E-state index contributed by atoms with van der Waals surface area (Å²) in [6.45, 7) is 8.40. The maximum Gasteiger partial charge on any atom is 0.258 e. The molecular weight excluding hydrogens is 462 g/mol. The molecule has 0 atom stereocenters. The van der Waals surface area contributed by atoms with Gasteiger partial charge in [-0.2, -0.15) is 0 Å². The van der Waals surface area contributed by atoms with Crippen molar-refractivity contribution in [1.29, 1.82) is 0 Å². The molecule has 0 unspecified atom stereocenters. The number of rotatable bonds is 11. The van der Waals surface area contributed by atoms with Gasteiger partial charge in [0.25, 0.3) is 5.91 Å². The van der Waals surface area contributed by atoms with Crippen molar-refractivity contribution in [3.63, 3.8) is 0 Å². The van der Waals surface area contributed by atoms with Crippen LogP contribution in [0.15, 0.2) is 47.6 Å². The molecule has 0 spiro atoms. The number of benzene rings is 2. The van der Waals surface area contributed by atoms with Crippen LogP contribution in [0, 0.1) is 6.92 Å². The third-order valence-electron chi connectivity index (χ3n) is 5.50. The van der Waals surface area contributed by atoms with Gasteiger partial charge in [0.05, 0.1) is 12.3 Å². The van der Waals surface area contributed by atoms with Crippen LogP contribution in [0.3, 0.4) is 0 Å². The van der Waals surface area contributed by atoms with Crippen LogP contribution in [-0.4, -0.2) is 38.9 Å². The molecule has 186 valence electrons. The lowest BCUT2D eigenvalue weighted by atomic mass is 10.0. The zero-order valence-electron chi connectivity index (χ0n) is 20.9. The van der Waals surface area contributed by atoms with E-state index in [9.17, 15) is 9.59 Å². The number of amides is 2. The summed E-state index contributed by atoms with van der Waals surface area (Å²) in [5.41, 5.74) is 4.14. The minimum Gasteiger partial charge on any atom is -0.483 e. The quantitative estimate of drug-likeness (QED) is 0.386. The molecule has 0 aliphatic rings. The number of nitrogens with zero attached hydrogens (tertiary/aromatic N) is 3. The zero-order chi connectivity index (χ0) is 25.4. The Morgan fingerprint density at radius 1 is 1.09 bits per heavy atom. The van der Waals surface area contributed by atoms with Gasteiger partial charge in [0.1, 0.15) is 5.75 Å². The van der Waals surface area contributed by atoms with Crippen molar-refractivity contribution in [3.8, 4) is 5.75 Å². The average molecular weight is 496 g/mol. The van der Waals surface area contributed by atoms with E-state index in [1.807, 2.05) is 56.4 Å². The third kappa shape index (κ3) is 7.58. The molecule has 0 aliphatic carbocycles. The first kappa shape index (κ1) is 26.3. The SMILES string of the molecule is CCc1ccc(NC(=O)CSc2nnc(CNC(=O)COc3cc(C)ccc3C(C)C)n2C)cc1. The van der Waals surface area contributed by atoms with E-state index in [0.29, 0.717) is 16.9 Å². The molecule has 0 saturated heterocycles. The van der Waals surface area contributed by atoms with Crippen molar-refractivity contribution in [3.05, 3.63) is 65.0 Å². The van der Waals surface area contributed by atoms with Crippen LogP contribution >= 0.6 is 11.8 Å². The molecular formula is C26H33N5O3S. The predicted molar refractivity (Wildman–Crippen MR) is 139 cm³/mol. The number of nitrogens with one attached hydrogen (secondary N) is 2. The van der Waals surface area contributed by atoms with E-state index >= 15 is 0 Å². The average Bonchev–Trinajstić information content (AvgIpc) is 3.19. The Morgan fingerprint density at radius 3 is 2.51 bits per heavy atom. The van der Waals surface area contributed by atoms with Gasteiger partial charge in [-0.1, -0.05) is 56.8 Å². The molecule has 0 radical (unpaired) electrons. The normalized spacial score (nSPS) is 10.9. The molecule has 0 saturated carbocycles. The van der Waals surface area contributed by atoms with Gasteiger partial charge in [-0.15, -0.1) is 10.2 Å². The summed E-state index contributed by atoms with van der Waals surface area (Å²) in [6, 6.07) is 13.8. The molecule has 9 heteroatoms. The molecule has 1 aromatic heterocycles. The summed E-state index contributed by atoms with van der Waals surface area (Å²) in [5.74, 6) is 1.46. The van der Waals surface area contributed by atoms with Crippen molar-refractivity contribution in [2.45, 2.75) is 51.7 Å². The molecule has 0 bridgehead atoms. The van der Waals surface area contributed by atoms with E-state index in [4.69, 9.17) is 4.74 Å². The van der Waals surface area contributed by atoms with Crippen molar-refractivity contribution in [2.24, 2.45) is 7.05 Å². The summed E-state index contributed by atoms with van der Waals surface area (Å²) < 4.78 is 7.56. The lowest BCUT2D eigenvalue weighted by Crippen LogP contribution is -2.29. The number of ether oxygens (including phenoxy) is 1. The van der Waals surface area contributed by atoms with Crippen molar-refractivity contribution in [1.82, 2.24) is 20.1 Å². The smallest absolute Gasteiger partial charge is 0.258 e. The highest BCUT2D eigenvalue weighted by Gasteiger charge is 2.14. The van der Waals surface area contributed by atoms with Gasteiger partial charge in [-0.25, -0.2) is 0 Å². The largest absolute Gasteiger partial charge is 0.483 e. The summed E-state index contributed by atoms with van der Waals surface area (Å²) in [7, 11) is 1.81. The van der Waals surface area contributed by atoms with E-state index in [1.165, 1.54) is 17.3 Å². The first-order valence-corrected chi connectivity index (χ1v) is 12.6. The Balaban J connectivity index is 1.46. The molecule has 8 nitrogen and oxygen atoms in total. The maximum atomic E-state index is 12.4. The molecule has 1 heterocycles. The highest BCUT2D eigenvalue weighted by molar-refractivity contribution is 7.99. The minimum atomic E-state index is -0.244. The topological polar surface area (TPSA) is 98.1 Å². The Labute approximate surface area is 210 Å². The molecule has 0 fully saturated rings. The molecule has 2 amide bonds. The number of anilines is 1. The summed E-state index contributed by atoms with van der Waals surface area (Å²) in [5, 5.41) is 14.6. The van der Waals surface area contributed by atoms with Crippen LogP contribution < -0.4 is 15.4 Å². The molecule has 2 N–H and O–H groups in total. The van der Waals surface area contributed by atoms with Crippen LogP contribution in [0.5, 0.6) is 5.75 Å². The van der Waals surface area contributed by atoms with E-state index in [1.54, 1.807) is 4.57 Å². The number of aromatic nitrogens is 3. The number of carbonyl (C=O) groups is 2. The summed E-state index contributed by atoms with van der Waals surface area (Å²) >= 11 is 1.29. The number of hydrogen-bond donors (Lipinski definition) is 2. The van der Waals surface area contributed by atoms with Gasteiger partial charge >= 0.3 is 0 Å². The monoisotopic (exact) mass is 495 g/mol. The van der Waals surface area contributed by atoms with Gasteiger partial charge in [0, 0.05) is 12.7 Å². The lowest BCUT2D eigenvalue weighted by Gasteiger charge is -2.14. The Bertz CT molecular complexity index is 1160. The van der Waals surface area contributed by atoms with E-state index < -0.39 is 0 Å². The Hall–Kier alpha value is -3.33. The number of aryl methyl sites for hydroxylation is 2. The van der Waals surface area contributed by atoms with E-state index in [0.717, 1.165) is 29.0 Å². The van der Waals surface area contributed by atoms with Crippen LogP contribution in [-0.2, 0) is 29.6 Å². The number of carbonyl (C=O) groups excluding carboxylic acids is 2. The first-order chi connectivity index (χ1) is 16.8. The first-order valence-electron chi connectivity index (χ1n) is 11.7. The van der Waals surface area contributed by atoms with Crippen LogP contribution in [0.2, 0.25) is 0 Å².